The van der Waals surface area contributed by atoms with Crippen LogP contribution in [0.3, 0.4) is 0 Å². The van der Waals surface area contributed by atoms with Crippen molar-refractivity contribution in [1.29, 1.82) is 0 Å². The zero-order valence-corrected chi connectivity index (χ0v) is 17.5. The van der Waals surface area contributed by atoms with Crippen LogP contribution >= 0.6 is 0 Å². The first-order valence-electron chi connectivity index (χ1n) is 10.8. The molecule has 1 aliphatic carbocycles. The van der Waals surface area contributed by atoms with Gasteiger partial charge in [-0.15, -0.1) is 0 Å². The second kappa shape index (κ2) is 8.53. The number of carbonyl (C=O) groups excluding carboxylic acids is 2. The number of benzene rings is 2. The molecule has 1 aromatic heterocycles. The van der Waals surface area contributed by atoms with Gasteiger partial charge in [-0.3, -0.25) is 9.69 Å². The molecule has 2 aliphatic rings. The van der Waals surface area contributed by atoms with E-state index in [9.17, 15) is 14.0 Å². The van der Waals surface area contributed by atoms with Crippen molar-refractivity contribution in [3.05, 3.63) is 71.9 Å². The minimum absolute atomic E-state index is 0.0688. The highest BCUT2D eigenvalue weighted by molar-refractivity contribution is 5.98. The van der Waals surface area contributed by atoms with Crippen LogP contribution in [0.25, 0.3) is 11.4 Å². The zero-order chi connectivity index (χ0) is 22.1. The van der Waals surface area contributed by atoms with E-state index in [2.05, 4.69) is 10.1 Å². The normalized spacial score (nSPS) is 21.0. The van der Waals surface area contributed by atoms with E-state index in [1.54, 1.807) is 17.0 Å². The summed E-state index contributed by atoms with van der Waals surface area (Å²) in [7, 11) is 0. The van der Waals surface area contributed by atoms with Crippen molar-refractivity contribution in [3.63, 3.8) is 0 Å². The van der Waals surface area contributed by atoms with Gasteiger partial charge >= 0.3 is 6.03 Å². The van der Waals surface area contributed by atoms with Crippen molar-refractivity contribution in [2.75, 3.05) is 0 Å². The van der Waals surface area contributed by atoms with Gasteiger partial charge in [-0.25, -0.2) is 9.18 Å². The summed E-state index contributed by atoms with van der Waals surface area (Å²) in [6.07, 6.45) is 3.46. The van der Waals surface area contributed by atoms with Crippen LogP contribution in [0.1, 0.15) is 37.1 Å². The fraction of sp³-hybridized carbons (Fsp3) is 0.333. The monoisotopic (exact) mass is 434 g/mol. The smallest absolute Gasteiger partial charge is 0.327 e. The van der Waals surface area contributed by atoms with Crippen molar-refractivity contribution in [1.82, 2.24) is 19.9 Å². The Balaban J connectivity index is 1.40. The lowest BCUT2D eigenvalue weighted by atomic mass is 9.81. The SMILES string of the molecule is O=C1C2CCCCC2N(Cc2ccc(F)cc2)C(=O)N1Cc1nc(-c2ccccc2)no1. The highest BCUT2D eigenvalue weighted by Crippen LogP contribution is 2.36. The number of hydrogen-bond acceptors (Lipinski definition) is 5. The molecule has 3 aromatic rings. The lowest BCUT2D eigenvalue weighted by molar-refractivity contribution is -0.141. The van der Waals surface area contributed by atoms with Gasteiger partial charge in [-0.1, -0.05) is 60.5 Å². The Morgan fingerprint density at radius 1 is 0.969 bits per heavy atom. The zero-order valence-electron chi connectivity index (χ0n) is 17.5. The summed E-state index contributed by atoms with van der Waals surface area (Å²) in [4.78, 5) is 34.0. The fourth-order valence-corrected chi connectivity index (χ4v) is 4.64. The maximum atomic E-state index is 13.4. The number of carbonyl (C=O) groups is 2. The van der Waals surface area contributed by atoms with Gasteiger partial charge in [0.25, 0.3) is 0 Å². The van der Waals surface area contributed by atoms with E-state index in [-0.39, 0.29) is 42.2 Å². The number of hydrogen-bond donors (Lipinski definition) is 0. The number of amides is 3. The predicted octanol–water partition coefficient (Wildman–Crippen LogP) is 4.40. The molecule has 1 aliphatic heterocycles. The number of aromatic nitrogens is 2. The third kappa shape index (κ3) is 3.88. The van der Waals surface area contributed by atoms with E-state index in [0.29, 0.717) is 12.4 Å². The van der Waals surface area contributed by atoms with Crippen LogP contribution in [0.15, 0.2) is 59.1 Å². The third-order valence-corrected chi connectivity index (χ3v) is 6.25. The number of fused-ring (bicyclic) bond motifs is 1. The average Bonchev–Trinajstić information content (AvgIpc) is 3.30. The molecule has 32 heavy (non-hydrogen) atoms. The van der Waals surface area contributed by atoms with Gasteiger partial charge in [-0.05, 0) is 30.5 Å². The lowest BCUT2D eigenvalue weighted by Crippen LogP contribution is -2.61. The summed E-state index contributed by atoms with van der Waals surface area (Å²) < 4.78 is 18.7. The van der Waals surface area contributed by atoms with Gasteiger partial charge in [0.1, 0.15) is 12.4 Å². The Morgan fingerprint density at radius 2 is 1.72 bits per heavy atom. The largest absolute Gasteiger partial charge is 0.337 e. The molecule has 2 unspecified atom stereocenters. The molecule has 2 fully saturated rings. The van der Waals surface area contributed by atoms with Crippen molar-refractivity contribution in [2.24, 2.45) is 5.92 Å². The summed E-state index contributed by atoms with van der Waals surface area (Å²) in [5.41, 5.74) is 1.62. The van der Waals surface area contributed by atoms with Gasteiger partial charge in [0.15, 0.2) is 0 Å². The van der Waals surface area contributed by atoms with E-state index in [4.69, 9.17) is 4.52 Å². The van der Waals surface area contributed by atoms with E-state index in [1.165, 1.54) is 17.0 Å². The first kappa shape index (κ1) is 20.4. The first-order valence-corrected chi connectivity index (χ1v) is 10.8. The van der Waals surface area contributed by atoms with Gasteiger partial charge in [-0.2, -0.15) is 4.98 Å². The van der Waals surface area contributed by atoms with Crippen molar-refractivity contribution in [3.8, 4) is 11.4 Å². The van der Waals surface area contributed by atoms with Crippen LogP contribution < -0.4 is 0 Å². The van der Waals surface area contributed by atoms with Crippen LogP contribution in [-0.4, -0.2) is 37.9 Å². The first-order chi connectivity index (χ1) is 15.6. The molecule has 2 atom stereocenters. The average molecular weight is 434 g/mol. The summed E-state index contributed by atoms with van der Waals surface area (Å²) in [5, 5.41) is 3.99. The minimum Gasteiger partial charge on any atom is -0.337 e. The number of urea groups is 1. The molecule has 3 amide bonds. The van der Waals surface area contributed by atoms with E-state index in [1.807, 2.05) is 30.3 Å². The molecule has 2 aromatic carbocycles. The standard InChI is InChI=1S/C24H23FN4O3/c25-18-12-10-16(11-13-18)14-28-20-9-5-4-8-19(20)23(30)29(24(28)31)15-21-26-22(27-32-21)17-6-2-1-3-7-17/h1-3,6-7,10-13,19-20H,4-5,8-9,14-15H2. The van der Waals surface area contributed by atoms with Crippen molar-refractivity contribution >= 4 is 11.9 Å². The summed E-state index contributed by atoms with van der Waals surface area (Å²) in [6.45, 7) is 0.254. The Kier molecular flexibility index (Phi) is 5.43. The topological polar surface area (TPSA) is 79.5 Å². The second-order valence-corrected chi connectivity index (χ2v) is 8.30. The van der Waals surface area contributed by atoms with E-state index in [0.717, 1.165) is 36.8 Å². The fourth-order valence-electron chi connectivity index (χ4n) is 4.64. The third-order valence-electron chi connectivity index (χ3n) is 6.25. The molecule has 0 bridgehead atoms. The van der Waals surface area contributed by atoms with E-state index < -0.39 is 0 Å². The molecule has 7 nitrogen and oxygen atoms in total. The Hall–Kier alpha value is -3.55. The van der Waals surface area contributed by atoms with Gasteiger partial charge in [0, 0.05) is 18.2 Å². The highest BCUT2D eigenvalue weighted by Gasteiger charge is 2.47. The van der Waals surface area contributed by atoms with Crippen molar-refractivity contribution in [2.45, 2.75) is 44.8 Å². The molecule has 0 radical (unpaired) electrons. The molecule has 164 valence electrons. The van der Waals surface area contributed by atoms with Crippen LogP contribution in [0, 0.1) is 11.7 Å². The van der Waals surface area contributed by atoms with Crippen LogP contribution in [0.2, 0.25) is 0 Å². The van der Waals surface area contributed by atoms with Crippen LogP contribution in [0.5, 0.6) is 0 Å². The molecule has 2 heterocycles. The molecule has 5 rings (SSSR count). The van der Waals surface area contributed by atoms with Crippen LogP contribution in [-0.2, 0) is 17.9 Å². The summed E-state index contributed by atoms with van der Waals surface area (Å²) >= 11 is 0. The Labute approximate surface area is 184 Å². The van der Waals surface area contributed by atoms with Gasteiger partial charge in [0.05, 0.1) is 5.92 Å². The second-order valence-electron chi connectivity index (χ2n) is 8.30. The molecule has 1 saturated heterocycles. The van der Waals surface area contributed by atoms with Crippen molar-refractivity contribution < 1.29 is 18.5 Å². The lowest BCUT2D eigenvalue weighted by Gasteiger charge is -2.46. The molecule has 1 saturated carbocycles. The predicted molar refractivity (Wildman–Crippen MR) is 113 cm³/mol. The van der Waals surface area contributed by atoms with Gasteiger partial charge in [0.2, 0.25) is 17.6 Å². The Bertz CT molecular complexity index is 1120. The molecular weight excluding hydrogens is 411 g/mol. The molecule has 0 spiro atoms. The number of nitrogens with zero attached hydrogens (tertiary/aromatic N) is 4. The molecular formula is C24H23FN4O3. The summed E-state index contributed by atoms with van der Waals surface area (Å²) in [6, 6.07) is 15.0. The quantitative estimate of drug-likeness (QED) is 0.595. The van der Waals surface area contributed by atoms with Crippen LogP contribution in [0.4, 0.5) is 9.18 Å². The molecule has 0 N–H and O–H groups in total. The maximum Gasteiger partial charge on any atom is 0.327 e. The highest BCUT2D eigenvalue weighted by atomic mass is 19.1. The minimum atomic E-state index is -0.373. The number of rotatable bonds is 5. The van der Waals surface area contributed by atoms with E-state index >= 15 is 0 Å². The Morgan fingerprint density at radius 3 is 2.50 bits per heavy atom. The number of imide groups is 1. The molecule has 8 heteroatoms. The number of halogens is 1. The maximum absolute atomic E-state index is 13.4. The summed E-state index contributed by atoms with van der Waals surface area (Å²) in [5.74, 6) is -0.137. The van der Waals surface area contributed by atoms with Gasteiger partial charge < -0.3 is 9.42 Å².